The summed E-state index contributed by atoms with van der Waals surface area (Å²) in [5.74, 6) is -4.49. The van der Waals surface area contributed by atoms with E-state index in [0.717, 1.165) is 46.7 Å². The molecule has 0 radical (unpaired) electrons. The second-order valence-electron chi connectivity index (χ2n) is 9.83. The summed E-state index contributed by atoms with van der Waals surface area (Å²) in [5, 5.41) is 0. The highest BCUT2D eigenvalue weighted by Gasteiger charge is 2.20. The third kappa shape index (κ3) is 6.43. The van der Waals surface area contributed by atoms with Crippen LogP contribution in [-0.4, -0.2) is 0 Å². The Kier molecular flexibility index (Phi) is 8.82. The molecular weight excluding hydrogens is 662 g/mol. The zero-order valence-electron chi connectivity index (χ0n) is 22.6. The zero-order valence-corrected chi connectivity index (χ0v) is 24.7. The van der Waals surface area contributed by atoms with Crippen molar-refractivity contribution in [1.29, 1.82) is 0 Å². The number of hydrogen-bond acceptors (Lipinski definition) is 2. The van der Waals surface area contributed by atoms with E-state index in [0.29, 0.717) is 21.3 Å². The predicted molar refractivity (Wildman–Crippen MR) is 161 cm³/mol. The van der Waals surface area contributed by atoms with Gasteiger partial charge in [-0.2, -0.15) is 0 Å². The molecule has 5 aromatic rings. The summed E-state index contributed by atoms with van der Waals surface area (Å²) in [4.78, 5) is 0. The maximum absolute atomic E-state index is 15.2. The zero-order chi connectivity index (χ0) is 30.0. The summed E-state index contributed by atoms with van der Waals surface area (Å²) >= 11 is 1.79. The van der Waals surface area contributed by atoms with E-state index in [4.69, 9.17) is 9.47 Å². The van der Waals surface area contributed by atoms with E-state index >= 15 is 8.78 Å². The quantitative estimate of drug-likeness (QED) is 0.120. The first-order chi connectivity index (χ1) is 20.1. The Morgan fingerprint density at radius 1 is 0.524 bits per heavy atom. The molecule has 0 aliphatic heterocycles. The molecule has 0 bridgehead atoms. The van der Waals surface area contributed by atoms with Crippen LogP contribution in [0.5, 0.6) is 11.5 Å². The van der Waals surface area contributed by atoms with Crippen LogP contribution in [0.3, 0.4) is 0 Å². The average molecular weight is 686 g/mol. The normalized spacial score (nSPS) is 11.0. The highest BCUT2D eigenvalue weighted by Crippen LogP contribution is 2.35. The third-order valence-electron chi connectivity index (χ3n) is 6.78. The molecule has 214 valence electrons. The van der Waals surface area contributed by atoms with Gasteiger partial charge >= 0.3 is 0 Å². The smallest absolute Gasteiger partial charge is 0.191 e. The van der Waals surface area contributed by atoms with Gasteiger partial charge in [-0.1, -0.05) is 48.5 Å². The van der Waals surface area contributed by atoms with Crippen molar-refractivity contribution in [2.75, 3.05) is 0 Å². The molecule has 0 heterocycles. The average Bonchev–Trinajstić information content (AvgIpc) is 2.94. The molecule has 5 rings (SSSR count). The molecule has 0 unspecified atom stereocenters. The van der Waals surface area contributed by atoms with Crippen molar-refractivity contribution in [1.82, 2.24) is 0 Å². The number of hydrogen-bond donors (Lipinski definition) is 0. The van der Waals surface area contributed by atoms with Crippen LogP contribution in [0.2, 0.25) is 0 Å². The van der Waals surface area contributed by atoms with E-state index in [9.17, 15) is 13.2 Å². The van der Waals surface area contributed by atoms with Crippen molar-refractivity contribution in [2.24, 2.45) is 0 Å². The van der Waals surface area contributed by atoms with Crippen LogP contribution in [0.4, 0.5) is 22.0 Å². The first-order valence-electron chi connectivity index (χ1n) is 12.9. The second kappa shape index (κ2) is 12.5. The molecule has 0 atom stereocenters. The van der Waals surface area contributed by atoms with Gasteiger partial charge in [-0.3, -0.25) is 0 Å². The van der Waals surface area contributed by atoms with Gasteiger partial charge in [-0.05, 0) is 112 Å². The standard InChI is InChI=1S/C34H24F5IO2/c1-19-4-3-5-20(2)33(19)41-17-21-6-9-23(10-7-21)24-13-27(36)32(28(37)14-24)25-15-29(38)34(30(39)16-25)42-18-22-8-11-26(35)31(40)12-22/h3-16H,17-18H2,1-2H3. The summed E-state index contributed by atoms with van der Waals surface area (Å²) < 4.78 is 85.0. The fourth-order valence-electron chi connectivity index (χ4n) is 4.62. The Morgan fingerprint density at radius 3 is 1.64 bits per heavy atom. The van der Waals surface area contributed by atoms with Crippen molar-refractivity contribution in [2.45, 2.75) is 27.1 Å². The molecule has 0 fully saturated rings. The topological polar surface area (TPSA) is 18.5 Å². The Balaban J connectivity index is 1.33. The lowest BCUT2D eigenvalue weighted by molar-refractivity contribution is 0.274. The van der Waals surface area contributed by atoms with E-state index in [1.54, 1.807) is 34.7 Å². The summed E-state index contributed by atoms with van der Waals surface area (Å²) in [7, 11) is 0. The van der Waals surface area contributed by atoms with Crippen LogP contribution in [0.15, 0.2) is 84.9 Å². The Hall–Kier alpha value is -3.92. The van der Waals surface area contributed by atoms with Gasteiger partial charge in [0.25, 0.3) is 0 Å². The number of aryl methyl sites for hydroxylation is 2. The number of ether oxygens (including phenoxy) is 2. The van der Waals surface area contributed by atoms with Gasteiger partial charge < -0.3 is 9.47 Å². The lowest BCUT2D eigenvalue weighted by atomic mass is 9.98. The summed E-state index contributed by atoms with van der Waals surface area (Å²) in [6, 6.07) is 21.0. The molecule has 0 aliphatic carbocycles. The summed E-state index contributed by atoms with van der Waals surface area (Å²) in [6.45, 7) is 4.05. The Labute approximate surface area is 253 Å². The van der Waals surface area contributed by atoms with E-state index in [1.165, 1.54) is 18.2 Å². The van der Waals surface area contributed by atoms with Crippen molar-refractivity contribution in [3.8, 4) is 33.8 Å². The number of benzene rings is 5. The number of rotatable bonds is 8. The maximum atomic E-state index is 15.2. The Bertz CT molecular complexity index is 1700. The molecule has 2 nitrogen and oxygen atoms in total. The minimum Gasteiger partial charge on any atom is -0.488 e. The molecule has 8 heteroatoms. The van der Waals surface area contributed by atoms with E-state index < -0.39 is 40.4 Å². The largest absolute Gasteiger partial charge is 0.488 e. The van der Waals surface area contributed by atoms with Crippen LogP contribution >= 0.6 is 22.6 Å². The minimum absolute atomic E-state index is 0.225. The summed E-state index contributed by atoms with van der Waals surface area (Å²) in [5.41, 5.74) is 3.39. The highest BCUT2D eigenvalue weighted by atomic mass is 127. The molecule has 0 saturated heterocycles. The molecule has 0 spiro atoms. The lowest BCUT2D eigenvalue weighted by Crippen LogP contribution is -2.02. The van der Waals surface area contributed by atoms with Crippen molar-refractivity contribution in [3.63, 3.8) is 0 Å². The monoisotopic (exact) mass is 686 g/mol. The van der Waals surface area contributed by atoms with Crippen molar-refractivity contribution < 1.29 is 31.4 Å². The van der Waals surface area contributed by atoms with Crippen LogP contribution in [0.25, 0.3) is 22.3 Å². The van der Waals surface area contributed by atoms with Crippen LogP contribution in [0.1, 0.15) is 22.3 Å². The van der Waals surface area contributed by atoms with Gasteiger partial charge in [-0.15, -0.1) is 0 Å². The number of para-hydroxylation sites is 1. The van der Waals surface area contributed by atoms with Crippen LogP contribution in [-0.2, 0) is 13.2 Å². The van der Waals surface area contributed by atoms with E-state index in [1.807, 2.05) is 44.2 Å². The SMILES string of the molecule is Cc1cccc(C)c1OCc1ccc(-c2cc(F)c(-c3cc(F)c(OCc4ccc(F)c(I)c4)c(F)c3)c(F)c2)cc1. The molecule has 0 aliphatic rings. The fraction of sp³-hybridized carbons (Fsp3) is 0.118. The first-order valence-corrected chi connectivity index (χ1v) is 14.0. The van der Waals surface area contributed by atoms with Gasteiger partial charge in [0.15, 0.2) is 17.4 Å². The van der Waals surface area contributed by atoms with Gasteiger partial charge in [0, 0.05) is 3.57 Å². The molecule has 42 heavy (non-hydrogen) atoms. The second-order valence-corrected chi connectivity index (χ2v) is 11.0. The number of halogens is 6. The molecule has 0 amide bonds. The molecule has 0 N–H and O–H groups in total. The minimum atomic E-state index is -1.12. The maximum Gasteiger partial charge on any atom is 0.191 e. The summed E-state index contributed by atoms with van der Waals surface area (Å²) in [6.07, 6.45) is 0. The fourth-order valence-corrected chi connectivity index (χ4v) is 5.20. The van der Waals surface area contributed by atoms with Crippen molar-refractivity contribution in [3.05, 3.63) is 140 Å². The molecule has 0 saturated carbocycles. The van der Waals surface area contributed by atoms with Crippen LogP contribution in [0, 0.1) is 46.5 Å². The highest BCUT2D eigenvalue weighted by molar-refractivity contribution is 14.1. The molecular formula is C34H24F5IO2. The van der Waals surface area contributed by atoms with Gasteiger partial charge in [0.2, 0.25) is 0 Å². The van der Waals surface area contributed by atoms with E-state index in [-0.39, 0.29) is 17.7 Å². The van der Waals surface area contributed by atoms with E-state index in [2.05, 4.69) is 0 Å². The molecule has 0 aromatic heterocycles. The van der Waals surface area contributed by atoms with Gasteiger partial charge in [0.1, 0.15) is 36.4 Å². The first kappa shape index (κ1) is 29.6. The Morgan fingerprint density at radius 2 is 1.05 bits per heavy atom. The predicted octanol–water partition coefficient (Wildman–Crippen LogP) is 10.1. The molecule has 5 aromatic carbocycles. The lowest BCUT2D eigenvalue weighted by Gasteiger charge is -2.13. The van der Waals surface area contributed by atoms with Gasteiger partial charge in [-0.25, -0.2) is 22.0 Å². The van der Waals surface area contributed by atoms with Gasteiger partial charge in [0.05, 0.1) is 5.56 Å². The van der Waals surface area contributed by atoms with Crippen LogP contribution < -0.4 is 9.47 Å². The third-order valence-corrected chi connectivity index (χ3v) is 7.60. The van der Waals surface area contributed by atoms with Crippen molar-refractivity contribution >= 4 is 22.6 Å².